The number of carbonyl (C=O) groups is 2. The number of para-hydroxylation sites is 1. The van der Waals surface area contributed by atoms with E-state index in [0.717, 1.165) is 0 Å². The topological polar surface area (TPSA) is 95.1 Å². The fourth-order valence-corrected chi connectivity index (χ4v) is 3.15. The van der Waals surface area contributed by atoms with Crippen LogP contribution in [-0.2, 0) is 9.53 Å². The number of hydrogen-bond acceptors (Lipinski definition) is 6. The van der Waals surface area contributed by atoms with Gasteiger partial charge in [0.15, 0.2) is 0 Å². The quantitative estimate of drug-likeness (QED) is 0.511. The van der Waals surface area contributed by atoms with Crippen molar-refractivity contribution in [3.63, 3.8) is 0 Å². The van der Waals surface area contributed by atoms with E-state index < -0.39 is 18.0 Å². The molecule has 2 aromatic rings. The van der Waals surface area contributed by atoms with E-state index in [-0.39, 0.29) is 18.8 Å². The minimum atomic E-state index is -0.758. The van der Waals surface area contributed by atoms with Crippen molar-refractivity contribution in [1.29, 1.82) is 0 Å². The lowest BCUT2D eigenvalue weighted by Gasteiger charge is -2.29. The predicted molar refractivity (Wildman–Crippen MR) is 110 cm³/mol. The molecule has 158 valence electrons. The van der Waals surface area contributed by atoms with E-state index in [9.17, 15) is 9.59 Å². The molecule has 1 atom stereocenters. The predicted octanol–water partition coefficient (Wildman–Crippen LogP) is 2.95. The number of ether oxygens (including phenoxy) is 4. The van der Waals surface area contributed by atoms with Crippen LogP contribution in [0.5, 0.6) is 17.2 Å². The summed E-state index contributed by atoms with van der Waals surface area (Å²) in [5, 5.41) is 5.38. The van der Waals surface area contributed by atoms with Gasteiger partial charge in [-0.1, -0.05) is 18.2 Å². The molecular formula is C22H24N2O6. The van der Waals surface area contributed by atoms with Gasteiger partial charge in [-0.25, -0.2) is 9.59 Å². The molecule has 0 fully saturated rings. The molecule has 8 heteroatoms. The van der Waals surface area contributed by atoms with Crippen LogP contribution in [0.3, 0.4) is 0 Å². The Morgan fingerprint density at radius 3 is 2.47 bits per heavy atom. The van der Waals surface area contributed by atoms with E-state index in [1.54, 1.807) is 25.1 Å². The lowest BCUT2D eigenvalue weighted by Crippen LogP contribution is -2.45. The van der Waals surface area contributed by atoms with Crippen LogP contribution in [0.1, 0.15) is 18.5 Å². The van der Waals surface area contributed by atoms with Crippen molar-refractivity contribution in [2.45, 2.75) is 13.0 Å². The molecule has 1 aliphatic rings. The van der Waals surface area contributed by atoms with Gasteiger partial charge >= 0.3 is 12.0 Å². The van der Waals surface area contributed by atoms with Gasteiger partial charge in [-0.2, -0.15) is 0 Å². The zero-order chi connectivity index (χ0) is 21.5. The van der Waals surface area contributed by atoms with E-state index in [1.165, 1.54) is 14.2 Å². The van der Waals surface area contributed by atoms with E-state index >= 15 is 0 Å². The summed E-state index contributed by atoms with van der Waals surface area (Å²) in [6, 6.07) is 13.2. The Hall–Kier alpha value is -3.68. The number of benzene rings is 2. The summed E-state index contributed by atoms with van der Waals surface area (Å²) < 4.78 is 21.7. The van der Waals surface area contributed by atoms with Crippen molar-refractivity contribution < 1.29 is 28.5 Å². The molecule has 3 rings (SSSR count). The molecule has 0 unspecified atom stereocenters. The first-order chi connectivity index (χ1) is 14.5. The molecule has 2 aromatic carbocycles. The summed E-state index contributed by atoms with van der Waals surface area (Å²) in [7, 11) is 3.05. The highest BCUT2D eigenvalue weighted by molar-refractivity contribution is 5.95. The summed E-state index contributed by atoms with van der Waals surface area (Å²) in [5.74, 6) is 1.20. The largest absolute Gasteiger partial charge is 0.497 e. The summed E-state index contributed by atoms with van der Waals surface area (Å²) in [6.07, 6.45) is 0. The van der Waals surface area contributed by atoms with Crippen molar-refractivity contribution in [1.82, 2.24) is 10.6 Å². The Morgan fingerprint density at radius 2 is 1.77 bits per heavy atom. The Kier molecular flexibility index (Phi) is 6.79. The molecule has 0 aliphatic carbocycles. The molecule has 8 nitrogen and oxygen atoms in total. The smallest absolute Gasteiger partial charge is 0.338 e. The van der Waals surface area contributed by atoms with Crippen LogP contribution in [0.15, 0.2) is 59.8 Å². The van der Waals surface area contributed by atoms with E-state index in [1.807, 2.05) is 30.3 Å². The Balaban J connectivity index is 1.77. The first-order valence-electron chi connectivity index (χ1n) is 9.38. The highest BCUT2D eigenvalue weighted by Crippen LogP contribution is 2.35. The van der Waals surface area contributed by atoms with Crippen molar-refractivity contribution in [2.75, 3.05) is 27.4 Å². The summed E-state index contributed by atoms with van der Waals surface area (Å²) in [5.41, 5.74) is 1.27. The zero-order valence-corrected chi connectivity index (χ0v) is 17.1. The Morgan fingerprint density at radius 1 is 1.00 bits per heavy atom. The lowest BCUT2D eigenvalue weighted by molar-refractivity contribution is -0.140. The van der Waals surface area contributed by atoms with Crippen LogP contribution in [0, 0.1) is 0 Å². The Bertz CT molecular complexity index is 942. The molecule has 0 bridgehead atoms. The van der Waals surface area contributed by atoms with Crippen LogP contribution >= 0.6 is 0 Å². The molecule has 0 spiro atoms. The maximum absolute atomic E-state index is 12.9. The number of rotatable bonds is 8. The minimum absolute atomic E-state index is 0.0560. The fourth-order valence-electron chi connectivity index (χ4n) is 3.15. The first kappa shape index (κ1) is 21.0. The molecular weight excluding hydrogens is 388 g/mol. The van der Waals surface area contributed by atoms with Gasteiger partial charge < -0.3 is 29.6 Å². The van der Waals surface area contributed by atoms with Crippen molar-refractivity contribution in [3.05, 3.63) is 65.4 Å². The summed E-state index contributed by atoms with van der Waals surface area (Å²) >= 11 is 0. The lowest BCUT2D eigenvalue weighted by atomic mass is 9.94. The number of urea groups is 1. The van der Waals surface area contributed by atoms with E-state index in [0.29, 0.717) is 28.5 Å². The average molecular weight is 412 g/mol. The van der Waals surface area contributed by atoms with Gasteiger partial charge in [-0.05, 0) is 37.3 Å². The molecule has 0 radical (unpaired) electrons. The fraction of sp³-hybridized carbons (Fsp3) is 0.273. The number of hydrogen-bond donors (Lipinski definition) is 2. The maximum Gasteiger partial charge on any atom is 0.338 e. The SMILES string of the molecule is COc1ccc(OC)c([C@H]2NC(=O)NC(C)=C2C(=O)OCCOc2ccccc2)c1. The molecule has 1 heterocycles. The third-order valence-electron chi connectivity index (χ3n) is 4.57. The van der Waals surface area contributed by atoms with Gasteiger partial charge in [0.2, 0.25) is 0 Å². The number of carbonyl (C=O) groups excluding carboxylic acids is 2. The molecule has 0 aromatic heterocycles. The molecule has 2 N–H and O–H groups in total. The third-order valence-corrected chi connectivity index (χ3v) is 4.57. The monoisotopic (exact) mass is 412 g/mol. The average Bonchev–Trinajstić information content (AvgIpc) is 2.76. The number of methoxy groups -OCH3 is 2. The maximum atomic E-state index is 12.9. The molecule has 1 aliphatic heterocycles. The number of allylic oxidation sites excluding steroid dienone is 1. The number of esters is 1. The van der Waals surface area contributed by atoms with Crippen LogP contribution in [-0.4, -0.2) is 39.4 Å². The second-order valence-electron chi connectivity index (χ2n) is 6.48. The second kappa shape index (κ2) is 9.69. The van der Waals surface area contributed by atoms with Gasteiger partial charge in [0.1, 0.15) is 30.5 Å². The first-order valence-corrected chi connectivity index (χ1v) is 9.38. The van der Waals surface area contributed by atoms with Crippen LogP contribution in [0.2, 0.25) is 0 Å². The summed E-state index contributed by atoms with van der Waals surface area (Å²) in [4.78, 5) is 25.0. The minimum Gasteiger partial charge on any atom is -0.497 e. The number of amides is 2. The van der Waals surface area contributed by atoms with Crippen LogP contribution in [0.25, 0.3) is 0 Å². The standard InChI is InChI=1S/C22H24N2O6/c1-14-19(21(25)30-12-11-29-15-7-5-4-6-8-15)20(24-22(26)23-14)17-13-16(27-2)9-10-18(17)28-3/h4-10,13,20H,11-12H2,1-3H3,(H2,23,24,26)/t20-/m1/s1. The molecule has 0 saturated carbocycles. The second-order valence-corrected chi connectivity index (χ2v) is 6.48. The molecule has 0 saturated heterocycles. The van der Waals surface area contributed by atoms with E-state index in [2.05, 4.69) is 10.6 Å². The van der Waals surface area contributed by atoms with Crippen molar-refractivity contribution >= 4 is 12.0 Å². The normalized spacial score (nSPS) is 15.7. The van der Waals surface area contributed by atoms with Gasteiger partial charge in [0.25, 0.3) is 0 Å². The van der Waals surface area contributed by atoms with Gasteiger partial charge in [-0.3, -0.25) is 0 Å². The van der Waals surface area contributed by atoms with Gasteiger partial charge in [-0.15, -0.1) is 0 Å². The zero-order valence-electron chi connectivity index (χ0n) is 17.1. The number of nitrogens with one attached hydrogen (secondary N) is 2. The third kappa shape index (κ3) is 4.83. The summed E-state index contributed by atoms with van der Waals surface area (Å²) in [6.45, 7) is 1.91. The highest BCUT2D eigenvalue weighted by Gasteiger charge is 2.34. The molecule has 30 heavy (non-hydrogen) atoms. The van der Waals surface area contributed by atoms with Gasteiger partial charge in [0.05, 0.1) is 25.8 Å². The highest BCUT2D eigenvalue weighted by atomic mass is 16.6. The van der Waals surface area contributed by atoms with Crippen molar-refractivity contribution in [3.8, 4) is 17.2 Å². The van der Waals surface area contributed by atoms with Crippen molar-refractivity contribution in [2.24, 2.45) is 0 Å². The van der Waals surface area contributed by atoms with E-state index in [4.69, 9.17) is 18.9 Å². The Labute approximate surface area is 174 Å². The van der Waals surface area contributed by atoms with Gasteiger partial charge in [0, 0.05) is 11.3 Å². The van der Waals surface area contributed by atoms with Crippen LogP contribution in [0.4, 0.5) is 4.79 Å². The van der Waals surface area contributed by atoms with Crippen LogP contribution < -0.4 is 24.8 Å². The molecule has 2 amide bonds.